The Hall–Kier alpha value is -3.34. The van der Waals surface area contributed by atoms with E-state index in [1.807, 2.05) is 11.0 Å². The topological polar surface area (TPSA) is 129 Å². The molecule has 0 radical (unpaired) electrons. The number of hydrogen-bond acceptors (Lipinski definition) is 7. The Morgan fingerprint density at radius 2 is 2.11 bits per heavy atom. The van der Waals surface area contributed by atoms with E-state index in [1.165, 1.54) is 17.4 Å². The van der Waals surface area contributed by atoms with Gasteiger partial charge in [0.05, 0.1) is 11.3 Å². The minimum atomic E-state index is -0.833. The lowest BCUT2D eigenvalue weighted by Crippen LogP contribution is -2.35. The quantitative estimate of drug-likeness (QED) is 0.352. The standard InChI is InChI=1S/C25H27FN4O4S/c1-14(13-31)15-7-8-17(19(26)10-15)21-11-18(23(27)32)24(35-21)29-22-6-2-4-16(28-22)12-30-9-3-5-20(30)25(33)34/h2,4,6-8,10-11,14,20,31H,3,5,9,12-13H2,1H3,(H2,27,32)(H,28,29)(H,33,34)/t14?,20-/m0/s1. The molecule has 1 amide bonds. The number of anilines is 2. The van der Waals surface area contributed by atoms with E-state index in [1.54, 1.807) is 37.3 Å². The first-order valence-electron chi connectivity index (χ1n) is 11.3. The fourth-order valence-electron chi connectivity index (χ4n) is 4.20. The van der Waals surface area contributed by atoms with Crippen LogP contribution in [0.5, 0.6) is 0 Å². The molecule has 0 aliphatic carbocycles. The highest BCUT2D eigenvalue weighted by molar-refractivity contribution is 7.19. The van der Waals surface area contributed by atoms with Crippen LogP contribution in [0.2, 0.25) is 0 Å². The Morgan fingerprint density at radius 1 is 1.31 bits per heavy atom. The highest BCUT2D eigenvalue weighted by atomic mass is 32.1. The van der Waals surface area contributed by atoms with Crippen LogP contribution in [-0.2, 0) is 11.3 Å². The molecular weight excluding hydrogens is 471 g/mol. The average molecular weight is 499 g/mol. The molecule has 0 spiro atoms. The van der Waals surface area contributed by atoms with Crippen LogP contribution in [0, 0.1) is 5.82 Å². The summed E-state index contributed by atoms with van der Waals surface area (Å²) in [6.45, 7) is 2.81. The number of thiophene rings is 1. The molecule has 1 aliphatic rings. The van der Waals surface area contributed by atoms with Crippen molar-refractivity contribution in [2.75, 3.05) is 18.5 Å². The third kappa shape index (κ3) is 5.50. The number of carbonyl (C=O) groups is 2. The Labute approximate surface area is 206 Å². The van der Waals surface area contributed by atoms with E-state index in [2.05, 4.69) is 10.3 Å². The van der Waals surface area contributed by atoms with E-state index in [0.717, 1.165) is 6.42 Å². The molecule has 0 bridgehead atoms. The number of carbonyl (C=O) groups excluding carboxylic acids is 1. The molecule has 1 aromatic carbocycles. The largest absolute Gasteiger partial charge is 0.480 e. The number of aromatic nitrogens is 1. The van der Waals surface area contributed by atoms with Gasteiger partial charge in [-0.2, -0.15) is 0 Å². The summed E-state index contributed by atoms with van der Waals surface area (Å²) >= 11 is 1.18. The lowest BCUT2D eigenvalue weighted by molar-refractivity contribution is -0.142. The SMILES string of the molecule is CC(CO)c1ccc(-c2cc(C(N)=O)c(Nc3cccc(CN4CCC[C@H]4C(=O)O)n3)s2)c(F)c1. The molecule has 8 nitrogen and oxygen atoms in total. The summed E-state index contributed by atoms with van der Waals surface area (Å²) in [6.07, 6.45) is 1.44. The van der Waals surface area contributed by atoms with Gasteiger partial charge in [-0.25, -0.2) is 9.37 Å². The molecular formula is C25H27FN4O4S. The fraction of sp³-hybridized carbons (Fsp3) is 0.320. The van der Waals surface area contributed by atoms with E-state index >= 15 is 0 Å². The first-order valence-corrected chi connectivity index (χ1v) is 12.1. The van der Waals surface area contributed by atoms with Gasteiger partial charge in [0.1, 0.15) is 22.7 Å². The third-order valence-electron chi connectivity index (χ3n) is 6.16. The summed E-state index contributed by atoms with van der Waals surface area (Å²) in [6, 6.07) is 11.2. The molecule has 5 N–H and O–H groups in total. The van der Waals surface area contributed by atoms with Gasteiger partial charge in [0.2, 0.25) is 0 Å². The van der Waals surface area contributed by atoms with E-state index in [0.29, 0.717) is 52.0 Å². The number of nitrogens with two attached hydrogens (primary N) is 1. The molecule has 184 valence electrons. The Balaban J connectivity index is 1.58. The van der Waals surface area contributed by atoms with Gasteiger partial charge in [-0.3, -0.25) is 14.5 Å². The number of pyridine rings is 1. The number of aliphatic hydroxyl groups is 1. The van der Waals surface area contributed by atoms with Crippen LogP contribution in [0.1, 0.15) is 47.3 Å². The number of primary amides is 1. The van der Waals surface area contributed by atoms with E-state index in [4.69, 9.17) is 5.73 Å². The number of carboxylic acids is 1. The highest BCUT2D eigenvalue weighted by Crippen LogP contribution is 2.38. The number of rotatable bonds is 9. The van der Waals surface area contributed by atoms with Crippen molar-refractivity contribution in [2.24, 2.45) is 5.73 Å². The lowest BCUT2D eigenvalue weighted by atomic mass is 9.99. The number of halogens is 1. The molecule has 10 heteroatoms. The lowest BCUT2D eigenvalue weighted by Gasteiger charge is -2.20. The van der Waals surface area contributed by atoms with Crippen LogP contribution in [-0.4, -0.2) is 51.2 Å². The number of likely N-dealkylation sites (tertiary alicyclic amines) is 1. The van der Waals surface area contributed by atoms with Crippen molar-refractivity contribution in [1.29, 1.82) is 0 Å². The van der Waals surface area contributed by atoms with Crippen LogP contribution in [0.15, 0.2) is 42.5 Å². The number of amides is 1. The Morgan fingerprint density at radius 3 is 2.80 bits per heavy atom. The molecule has 1 saturated heterocycles. The molecule has 1 aliphatic heterocycles. The predicted molar refractivity (Wildman–Crippen MR) is 132 cm³/mol. The summed E-state index contributed by atoms with van der Waals surface area (Å²) in [4.78, 5) is 30.6. The maximum Gasteiger partial charge on any atom is 0.320 e. The summed E-state index contributed by atoms with van der Waals surface area (Å²) in [5.74, 6) is -1.66. The van der Waals surface area contributed by atoms with Gasteiger partial charge in [0.25, 0.3) is 5.91 Å². The molecule has 2 atom stereocenters. The highest BCUT2D eigenvalue weighted by Gasteiger charge is 2.30. The molecule has 3 heterocycles. The molecule has 1 fully saturated rings. The van der Waals surface area contributed by atoms with E-state index in [-0.39, 0.29) is 18.1 Å². The van der Waals surface area contributed by atoms with Crippen LogP contribution in [0.25, 0.3) is 10.4 Å². The number of carboxylic acid groups (broad SMARTS) is 1. The molecule has 2 aromatic heterocycles. The minimum absolute atomic E-state index is 0.0849. The van der Waals surface area contributed by atoms with Gasteiger partial charge >= 0.3 is 5.97 Å². The van der Waals surface area contributed by atoms with Gasteiger partial charge in [-0.05, 0) is 49.2 Å². The van der Waals surface area contributed by atoms with E-state index < -0.39 is 23.7 Å². The van der Waals surface area contributed by atoms with Crippen molar-refractivity contribution in [3.8, 4) is 10.4 Å². The first kappa shape index (κ1) is 24.8. The molecule has 4 rings (SSSR count). The Bertz CT molecular complexity index is 1250. The summed E-state index contributed by atoms with van der Waals surface area (Å²) in [7, 11) is 0. The van der Waals surface area contributed by atoms with Crippen molar-refractivity contribution < 1.29 is 24.2 Å². The first-order chi connectivity index (χ1) is 16.8. The number of nitrogens with zero attached hydrogens (tertiary/aromatic N) is 2. The molecule has 1 unspecified atom stereocenters. The van der Waals surface area contributed by atoms with E-state index in [9.17, 15) is 24.2 Å². The minimum Gasteiger partial charge on any atom is -0.480 e. The monoisotopic (exact) mass is 498 g/mol. The van der Waals surface area contributed by atoms with Gasteiger partial charge in [0.15, 0.2) is 0 Å². The molecule has 0 saturated carbocycles. The second kappa shape index (κ2) is 10.5. The maximum atomic E-state index is 14.9. The number of nitrogens with one attached hydrogen (secondary N) is 1. The summed E-state index contributed by atoms with van der Waals surface area (Å²) in [5, 5.41) is 22.3. The maximum absolute atomic E-state index is 14.9. The predicted octanol–water partition coefficient (Wildman–Crippen LogP) is 3.94. The summed E-state index contributed by atoms with van der Waals surface area (Å²) in [5.41, 5.74) is 7.51. The fourth-order valence-corrected chi connectivity index (χ4v) is 5.30. The van der Waals surface area contributed by atoms with Crippen molar-refractivity contribution in [3.63, 3.8) is 0 Å². The number of hydrogen-bond donors (Lipinski definition) is 4. The number of aliphatic hydroxyl groups excluding tert-OH is 1. The number of benzene rings is 1. The zero-order chi connectivity index (χ0) is 25.1. The van der Waals surface area contributed by atoms with Gasteiger partial charge < -0.3 is 21.3 Å². The average Bonchev–Trinajstić information content (AvgIpc) is 3.46. The van der Waals surface area contributed by atoms with Crippen molar-refractivity contribution in [2.45, 2.75) is 38.3 Å². The zero-order valence-electron chi connectivity index (χ0n) is 19.2. The molecule has 3 aromatic rings. The van der Waals surface area contributed by atoms with Crippen LogP contribution >= 0.6 is 11.3 Å². The second-order valence-electron chi connectivity index (χ2n) is 8.65. The third-order valence-corrected chi connectivity index (χ3v) is 7.24. The smallest absolute Gasteiger partial charge is 0.320 e. The van der Waals surface area contributed by atoms with Crippen molar-refractivity contribution >= 4 is 34.0 Å². The zero-order valence-corrected chi connectivity index (χ0v) is 20.0. The van der Waals surface area contributed by atoms with Crippen molar-refractivity contribution in [3.05, 3.63) is 65.1 Å². The second-order valence-corrected chi connectivity index (χ2v) is 9.70. The van der Waals surface area contributed by atoms with Crippen molar-refractivity contribution in [1.82, 2.24) is 9.88 Å². The Kier molecular flexibility index (Phi) is 7.44. The van der Waals surface area contributed by atoms with Gasteiger partial charge in [0, 0.05) is 29.5 Å². The van der Waals surface area contributed by atoms with Crippen LogP contribution in [0.3, 0.4) is 0 Å². The van der Waals surface area contributed by atoms with Crippen LogP contribution in [0.4, 0.5) is 15.2 Å². The van der Waals surface area contributed by atoms with Crippen LogP contribution < -0.4 is 11.1 Å². The van der Waals surface area contributed by atoms with Gasteiger partial charge in [-0.15, -0.1) is 11.3 Å². The normalized spacial score (nSPS) is 16.8. The number of aliphatic carboxylic acids is 1. The summed E-state index contributed by atoms with van der Waals surface area (Å²) < 4.78 is 14.9. The molecule has 35 heavy (non-hydrogen) atoms. The van der Waals surface area contributed by atoms with Gasteiger partial charge in [-0.1, -0.05) is 25.1 Å².